The number of hydrogen-bond acceptors (Lipinski definition) is 6. The van der Waals surface area contributed by atoms with Gasteiger partial charge in [0, 0.05) is 49.8 Å². The van der Waals surface area contributed by atoms with Crippen LogP contribution < -0.4 is 10.2 Å². The molecule has 3 aromatic rings. The van der Waals surface area contributed by atoms with E-state index in [9.17, 15) is 9.59 Å². The molecule has 0 bridgehead atoms. The van der Waals surface area contributed by atoms with Crippen LogP contribution in [0, 0.1) is 0 Å². The summed E-state index contributed by atoms with van der Waals surface area (Å²) in [4.78, 5) is 38.1. The Kier molecular flexibility index (Phi) is 5.29. The summed E-state index contributed by atoms with van der Waals surface area (Å²) in [5.41, 5.74) is 1.17. The summed E-state index contributed by atoms with van der Waals surface area (Å²) in [6.45, 7) is 2.57. The Labute approximate surface area is 166 Å². The maximum absolute atomic E-state index is 12.9. The van der Waals surface area contributed by atoms with Gasteiger partial charge in [-0.25, -0.2) is 9.97 Å². The van der Waals surface area contributed by atoms with E-state index in [4.69, 9.17) is 0 Å². The Morgan fingerprint density at radius 1 is 0.964 bits per heavy atom. The SMILES string of the molecule is O=C(Nc1cccc(C(=O)N2CCN(c3ncccn3)CC2)c1)c1cccs1. The average molecular weight is 393 g/mol. The smallest absolute Gasteiger partial charge is 0.265 e. The Hall–Kier alpha value is -3.26. The first kappa shape index (κ1) is 18.1. The van der Waals surface area contributed by atoms with Crippen LogP contribution in [0.5, 0.6) is 0 Å². The number of anilines is 2. The minimum absolute atomic E-state index is 0.0409. The third-order valence-corrected chi connectivity index (χ3v) is 5.38. The molecule has 1 saturated heterocycles. The average Bonchev–Trinajstić information content (AvgIpc) is 3.29. The molecule has 0 spiro atoms. The van der Waals surface area contributed by atoms with Gasteiger partial charge in [0.1, 0.15) is 0 Å². The number of nitrogens with zero attached hydrogens (tertiary/aromatic N) is 4. The van der Waals surface area contributed by atoms with Gasteiger partial charge in [-0.3, -0.25) is 9.59 Å². The molecule has 1 fully saturated rings. The van der Waals surface area contributed by atoms with E-state index in [-0.39, 0.29) is 11.8 Å². The first-order valence-electron chi connectivity index (χ1n) is 8.97. The van der Waals surface area contributed by atoms with Gasteiger partial charge < -0.3 is 15.1 Å². The minimum Gasteiger partial charge on any atom is -0.337 e. The van der Waals surface area contributed by atoms with Gasteiger partial charge in [0.05, 0.1) is 4.88 Å². The van der Waals surface area contributed by atoms with E-state index in [1.807, 2.05) is 16.3 Å². The van der Waals surface area contributed by atoms with E-state index in [1.165, 1.54) is 11.3 Å². The molecule has 8 heteroatoms. The van der Waals surface area contributed by atoms with Crippen molar-refractivity contribution in [2.24, 2.45) is 0 Å². The first-order valence-corrected chi connectivity index (χ1v) is 9.85. The van der Waals surface area contributed by atoms with Crippen LogP contribution in [-0.4, -0.2) is 52.9 Å². The summed E-state index contributed by atoms with van der Waals surface area (Å²) in [7, 11) is 0. The summed E-state index contributed by atoms with van der Waals surface area (Å²) >= 11 is 1.38. The zero-order valence-electron chi connectivity index (χ0n) is 15.1. The van der Waals surface area contributed by atoms with Crippen LogP contribution in [0.25, 0.3) is 0 Å². The second kappa shape index (κ2) is 8.18. The molecule has 0 unspecified atom stereocenters. The lowest BCUT2D eigenvalue weighted by molar-refractivity contribution is 0.0746. The van der Waals surface area contributed by atoms with Crippen molar-refractivity contribution in [2.75, 3.05) is 36.4 Å². The molecule has 7 nitrogen and oxygen atoms in total. The summed E-state index contributed by atoms with van der Waals surface area (Å²) in [6.07, 6.45) is 3.44. The number of amides is 2. The van der Waals surface area contributed by atoms with Gasteiger partial charge in [-0.05, 0) is 35.7 Å². The molecule has 1 aliphatic rings. The number of nitrogens with one attached hydrogen (secondary N) is 1. The van der Waals surface area contributed by atoms with Crippen LogP contribution in [0.2, 0.25) is 0 Å². The van der Waals surface area contributed by atoms with Crippen molar-refractivity contribution in [3.63, 3.8) is 0 Å². The number of carbonyl (C=O) groups is 2. The van der Waals surface area contributed by atoms with Crippen molar-refractivity contribution in [3.05, 3.63) is 70.7 Å². The zero-order chi connectivity index (χ0) is 19.3. The standard InChI is InChI=1S/C20H19N5O2S/c26-18(17-6-2-13-28-17)23-16-5-1-4-15(14-16)19(27)24-9-11-25(12-10-24)20-21-7-3-8-22-20/h1-8,13-14H,9-12H2,(H,23,26). The van der Waals surface area contributed by atoms with E-state index < -0.39 is 0 Å². The lowest BCUT2D eigenvalue weighted by Crippen LogP contribution is -2.49. The van der Waals surface area contributed by atoms with Gasteiger partial charge >= 0.3 is 0 Å². The van der Waals surface area contributed by atoms with Crippen molar-refractivity contribution in [2.45, 2.75) is 0 Å². The minimum atomic E-state index is -0.170. The van der Waals surface area contributed by atoms with Crippen LogP contribution in [-0.2, 0) is 0 Å². The van der Waals surface area contributed by atoms with Gasteiger partial charge in [0.15, 0.2) is 0 Å². The lowest BCUT2D eigenvalue weighted by Gasteiger charge is -2.34. The highest BCUT2D eigenvalue weighted by Crippen LogP contribution is 2.17. The number of carbonyl (C=O) groups excluding carboxylic acids is 2. The van der Waals surface area contributed by atoms with Crippen molar-refractivity contribution >= 4 is 34.8 Å². The van der Waals surface area contributed by atoms with Crippen LogP contribution in [0.1, 0.15) is 20.0 Å². The van der Waals surface area contributed by atoms with Gasteiger partial charge in [0.2, 0.25) is 5.95 Å². The summed E-state index contributed by atoms with van der Waals surface area (Å²) in [5, 5.41) is 4.70. The molecule has 3 heterocycles. The van der Waals surface area contributed by atoms with Gasteiger partial charge in [-0.15, -0.1) is 11.3 Å². The highest BCUT2D eigenvalue weighted by molar-refractivity contribution is 7.12. The quantitative estimate of drug-likeness (QED) is 0.737. The van der Waals surface area contributed by atoms with Gasteiger partial charge in [-0.1, -0.05) is 12.1 Å². The number of benzene rings is 1. The fourth-order valence-electron chi connectivity index (χ4n) is 3.08. The largest absolute Gasteiger partial charge is 0.337 e. The topological polar surface area (TPSA) is 78.4 Å². The predicted octanol–water partition coefficient (Wildman–Crippen LogP) is 2.75. The number of piperazine rings is 1. The third kappa shape index (κ3) is 4.01. The van der Waals surface area contributed by atoms with E-state index in [2.05, 4.69) is 20.2 Å². The van der Waals surface area contributed by atoms with Crippen molar-refractivity contribution in [1.82, 2.24) is 14.9 Å². The van der Waals surface area contributed by atoms with Crippen molar-refractivity contribution in [1.29, 1.82) is 0 Å². The van der Waals surface area contributed by atoms with E-state index in [1.54, 1.807) is 48.8 Å². The van der Waals surface area contributed by atoms with E-state index in [0.717, 1.165) is 0 Å². The Morgan fingerprint density at radius 3 is 2.46 bits per heavy atom. The molecule has 0 saturated carbocycles. The van der Waals surface area contributed by atoms with Crippen LogP contribution in [0.4, 0.5) is 11.6 Å². The predicted molar refractivity (Wildman–Crippen MR) is 109 cm³/mol. The molecule has 2 aromatic heterocycles. The molecular formula is C20H19N5O2S. The first-order chi connectivity index (χ1) is 13.7. The maximum atomic E-state index is 12.9. The number of rotatable bonds is 4. The van der Waals surface area contributed by atoms with Crippen LogP contribution in [0.15, 0.2) is 60.2 Å². The maximum Gasteiger partial charge on any atom is 0.265 e. The van der Waals surface area contributed by atoms with Crippen molar-refractivity contribution < 1.29 is 9.59 Å². The van der Waals surface area contributed by atoms with Crippen LogP contribution in [0.3, 0.4) is 0 Å². The Balaban J connectivity index is 1.39. The van der Waals surface area contributed by atoms with E-state index in [0.29, 0.717) is 48.3 Å². The molecule has 2 amide bonds. The Morgan fingerprint density at radius 2 is 1.75 bits per heavy atom. The van der Waals surface area contributed by atoms with Crippen molar-refractivity contribution in [3.8, 4) is 0 Å². The number of hydrogen-bond donors (Lipinski definition) is 1. The third-order valence-electron chi connectivity index (χ3n) is 4.51. The highest BCUT2D eigenvalue weighted by Gasteiger charge is 2.23. The van der Waals surface area contributed by atoms with Crippen LogP contribution >= 0.6 is 11.3 Å². The fourth-order valence-corrected chi connectivity index (χ4v) is 3.70. The second-order valence-electron chi connectivity index (χ2n) is 6.34. The molecule has 1 N–H and O–H groups in total. The number of thiophene rings is 1. The highest BCUT2D eigenvalue weighted by atomic mass is 32.1. The number of aromatic nitrogens is 2. The molecule has 1 aliphatic heterocycles. The molecule has 28 heavy (non-hydrogen) atoms. The summed E-state index contributed by atoms with van der Waals surface area (Å²) in [6, 6.07) is 12.5. The molecule has 0 aliphatic carbocycles. The zero-order valence-corrected chi connectivity index (χ0v) is 15.9. The fraction of sp³-hybridized carbons (Fsp3) is 0.200. The second-order valence-corrected chi connectivity index (χ2v) is 7.29. The Bertz CT molecular complexity index is 954. The summed E-state index contributed by atoms with van der Waals surface area (Å²) < 4.78 is 0. The molecule has 142 valence electrons. The molecular weight excluding hydrogens is 374 g/mol. The molecule has 0 radical (unpaired) electrons. The lowest BCUT2D eigenvalue weighted by atomic mass is 10.1. The molecule has 1 aromatic carbocycles. The molecule has 4 rings (SSSR count). The monoisotopic (exact) mass is 393 g/mol. The molecule has 0 atom stereocenters. The van der Waals surface area contributed by atoms with Gasteiger partial charge in [0.25, 0.3) is 11.8 Å². The summed E-state index contributed by atoms with van der Waals surface area (Å²) in [5.74, 6) is 0.477. The van der Waals surface area contributed by atoms with Gasteiger partial charge in [-0.2, -0.15) is 0 Å². The normalized spacial score (nSPS) is 14.0. The van der Waals surface area contributed by atoms with E-state index >= 15 is 0 Å².